The monoisotopic (exact) mass is 410 g/mol. The SMILES string of the molecule is Cc1noc(C)c1-c1ccc2c(c1)N(c1nc3c(s1)C(=O)NC(C)(C)C3)CCO2. The van der Waals surface area contributed by atoms with Gasteiger partial charge in [-0.3, -0.25) is 4.79 Å². The Balaban J connectivity index is 1.58. The van der Waals surface area contributed by atoms with Crippen LogP contribution in [0, 0.1) is 13.8 Å². The lowest BCUT2D eigenvalue weighted by Gasteiger charge is -2.29. The Kier molecular flexibility index (Phi) is 3.96. The fraction of sp³-hybridized carbons (Fsp3) is 0.381. The van der Waals surface area contributed by atoms with E-state index < -0.39 is 0 Å². The molecule has 1 amide bonds. The summed E-state index contributed by atoms with van der Waals surface area (Å²) in [5.41, 5.74) is 4.41. The van der Waals surface area contributed by atoms with E-state index in [2.05, 4.69) is 21.4 Å². The Morgan fingerprint density at radius 1 is 1.28 bits per heavy atom. The number of hydrogen-bond acceptors (Lipinski definition) is 7. The van der Waals surface area contributed by atoms with Crippen molar-refractivity contribution < 1.29 is 14.1 Å². The van der Waals surface area contributed by atoms with Crippen LogP contribution in [0.25, 0.3) is 11.1 Å². The number of ether oxygens (including phenoxy) is 1. The zero-order valence-electron chi connectivity index (χ0n) is 16.8. The van der Waals surface area contributed by atoms with Crippen molar-refractivity contribution in [3.63, 3.8) is 0 Å². The quantitative estimate of drug-likeness (QED) is 0.688. The van der Waals surface area contributed by atoms with Gasteiger partial charge < -0.3 is 19.5 Å². The van der Waals surface area contributed by atoms with Crippen LogP contribution in [0.5, 0.6) is 5.75 Å². The molecule has 8 heteroatoms. The van der Waals surface area contributed by atoms with Crippen molar-refractivity contribution in [3.8, 4) is 16.9 Å². The largest absolute Gasteiger partial charge is 0.490 e. The first-order valence-electron chi connectivity index (χ1n) is 9.62. The number of rotatable bonds is 2. The third kappa shape index (κ3) is 2.98. The normalized spacial score (nSPS) is 17.4. The van der Waals surface area contributed by atoms with Crippen LogP contribution in [0.1, 0.15) is 40.7 Å². The smallest absolute Gasteiger partial charge is 0.263 e. The van der Waals surface area contributed by atoms with E-state index in [4.69, 9.17) is 14.2 Å². The molecule has 29 heavy (non-hydrogen) atoms. The van der Waals surface area contributed by atoms with Gasteiger partial charge in [0, 0.05) is 17.5 Å². The van der Waals surface area contributed by atoms with Crippen LogP contribution >= 0.6 is 11.3 Å². The van der Waals surface area contributed by atoms with E-state index in [0.717, 1.165) is 51.3 Å². The number of anilines is 2. The molecule has 2 aromatic heterocycles. The average Bonchev–Trinajstić information content (AvgIpc) is 3.23. The molecular formula is C21H22N4O3S. The molecule has 7 nitrogen and oxygen atoms in total. The minimum Gasteiger partial charge on any atom is -0.490 e. The molecule has 0 fully saturated rings. The van der Waals surface area contributed by atoms with Crippen molar-refractivity contribution in [2.24, 2.45) is 0 Å². The minimum absolute atomic E-state index is 0.0436. The molecule has 2 aliphatic heterocycles. The summed E-state index contributed by atoms with van der Waals surface area (Å²) in [5, 5.41) is 7.95. The molecular weight excluding hydrogens is 388 g/mol. The number of carbonyl (C=O) groups is 1. The van der Waals surface area contributed by atoms with E-state index in [1.165, 1.54) is 11.3 Å². The van der Waals surface area contributed by atoms with Crippen LogP contribution in [-0.2, 0) is 6.42 Å². The van der Waals surface area contributed by atoms with E-state index in [1.54, 1.807) is 0 Å². The van der Waals surface area contributed by atoms with E-state index >= 15 is 0 Å². The van der Waals surface area contributed by atoms with Gasteiger partial charge in [-0.05, 0) is 45.4 Å². The molecule has 0 saturated heterocycles. The number of thiazole rings is 1. The molecule has 3 aromatic rings. The Labute approximate surface area is 172 Å². The summed E-state index contributed by atoms with van der Waals surface area (Å²) in [7, 11) is 0. The molecule has 0 spiro atoms. The first-order valence-corrected chi connectivity index (χ1v) is 10.4. The summed E-state index contributed by atoms with van der Waals surface area (Å²) in [6, 6.07) is 6.09. The molecule has 0 aliphatic carbocycles. The number of hydrogen-bond donors (Lipinski definition) is 1. The fourth-order valence-corrected chi connectivity index (χ4v) is 5.06. The third-order valence-corrected chi connectivity index (χ3v) is 6.45. The number of carbonyl (C=O) groups excluding carboxylic acids is 1. The Morgan fingerprint density at radius 3 is 2.86 bits per heavy atom. The lowest BCUT2D eigenvalue weighted by atomic mass is 9.94. The van der Waals surface area contributed by atoms with Gasteiger partial charge in [-0.15, -0.1) is 0 Å². The highest BCUT2D eigenvalue weighted by Gasteiger charge is 2.35. The van der Waals surface area contributed by atoms with Crippen molar-refractivity contribution in [2.45, 2.75) is 39.7 Å². The van der Waals surface area contributed by atoms with Gasteiger partial charge in [0.2, 0.25) is 0 Å². The van der Waals surface area contributed by atoms with Crippen LogP contribution in [0.4, 0.5) is 10.8 Å². The standard InChI is InChI=1S/C21H22N4O3S/c1-11-17(12(2)28-24-11)13-5-6-16-15(9-13)25(7-8-27-16)20-22-14-10-21(3,4)23-19(26)18(14)29-20/h5-6,9H,7-8,10H2,1-4H3,(H,23,26). The highest BCUT2D eigenvalue weighted by molar-refractivity contribution is 7.17. The summed E-state index contributed by atoms with van der Waals surface area (Å²) in [6.45, 7) is 9.14. The predicted molar refractivity (Wildman–Crippen MR) is 111 cm³/mol. The molecule has 150 valence electrons. The van der Waals surface area contributed by atoms with Crippen LogP contribution in [0.3, 0.4) is 0 Å². The summed E-state index contributed by atoms with van der Waals surface area (Å²) in [6.07, 6.45) is 0.723. The van der Waals surface area contributed by atoms with Crippen LogP contribution in [0.2, 0.25) is 0 Å². The van der Waals surface area contributed by atoms with Crippen LogP contribution < -0.4 is 15.0 Å². The van der Waals surface area contributed by atoms with Crippen LogP contribution in [-0.4, -0.2) is 34.7 Å². The number of aryl methyl sites for hydroxylation is 2. The zero-order chi connectivity index (χ0) is 20.3. The highest BCUT2D eigenvalue weighted by Crippen LogP contribution is 2.43. The van der Waals surface area contributed by atoms with Crippen molar-refractivity contribution in [3.05, 3.63) is 40.2 Å². The molecule has 0 saturated carbocycles. The summed E-state index contributed by atoms with van der Waals surface area (Å²) < 4.78 is 11.2. The van der Waals surface area contributed by atoms with Crippen molar-refractivity contribution >= 4 is 28.1 Å². The molecule has 5 rings (SSSR count). The van der Waals surface area contributed by atoms with Gasteiger partial charge in [0.25, 0.3) is 5.91 Å². The van der Waals surface area contributed by atoms with E-state index in [9.17, 15) is 4.79 Å². The number of aromatic nitrogens is 2. The molecule has 1 aromatic carbocycles. The molecule has 2 aliphatic rings. The number of benzene rings is 1. The van der Waals surface area contributed by atoms with Crippen LogP contribution in [0.15, 0.2) is 22.7 Å². The number of amides is 1. The van der Waals surface area contributed by atoms with Crippen molar-refractivity contribution in [2.75, 3.05) is 18.1 Å². The first-order chi connectivity index (χ1) is 13.8. The maximum Gasteiger partial charge on any atom is 0.263 e. The third-order valence-electron chi connectivity index (χ3n) is 5.33. The van der Waals surface area contributed by atoms with Gasteiger partial charge in [-0.1, -0.05) is 22.6 Å². The van der Waals surface area contributed by atoms with Gasteiger partial charge in [0.1, 0.15) is 23.0 Å². The van der Waals surface area contributed by atoms with Gasteiger partial charge in [-0.25, -0.2) is 4.98 Å². The fourth-order valence-electron chi connectivity index (χ4n) is 4.05. The number of nitrogens with one attached hydrogen (secondary N) is 1. The maximum absolute atomic E-state index is 12.5. The molecule has 0 bridgehead atoms. The average molecular weight is 410 g/mol. The Hall–Kier alpha value is -2.87. The second kappa shape index (κ2) is 6.32. The first kappa shape index (κ1) is 18.2. The Bertz CT molecular complexity index is 1110. The topological polar surface area (TPSA) is 80.5 Å². The van der Waals surface area contributed by atoms with Crippen molar-refractivity contribution in [1.29, 1.82) is 0 Å². The molecule has 1 N–H and O–H groups in total. The number of fused-ring (bicyclic) bond motifs is 2. The summed E-state index contributed by atoms with van der Waals surface area (Å²) >= 11 is 1.44. The second-order valence-electron chi connectivity index (χ2n) is 8.17. The van der Waals surface area contributed by atoms with E-state index in [-0.39, 0.29) is 11.4 Å². The van der Waals surface area contributed by atoms with E-state index in [1.807, 2.05) is 39.8 Å². The Morgan fingerprint density at radius 2 is 2.10 bits per heavy atom. The summed E-state index contributed by atoms with van der Waals surface area (Å²) in [4.78, 5) is 20.2. The maximum atomic E-state index is 12.5. The second-order valence-corrected chi connectivity index (χ2v) is 9.15. The lowest BCUT2D eigenvalue weighted by molar-refractivity contribution is 0.0901. The van der Waals surface area contributed by atoms with Gasteiger partial charge in [0.15, 0.2) is 5.13 Å². The number of nitrogens with zero attached hydrogens (tertiary/aromatic N) is 3. The van der Waals surface area contributed by atoms with Gasteiger partial charge >= 0.3 is 0 Å². The van der Waals surface area contributed by atoms with Crippen molar-refractivity contribution in [1.82, 2.24) is 15.5 Å². The predicted octanol–water partition coefficient (Wildman–Crippen LogP) is 4.01. The highest BCUT2D eigenvalue weighted by atomic mass is 32.1. The van der Waals surface area contributed by atoms with E-state index in [0.29, 0.717) is 18.0 Å². The molecule has 0 unspecified atom stereocenters. The zero-order valence-corrected chi connectivity index (χ0v) is 17.6. The van der Waals surface area contributed by atoms with Gasteiger partial charge in [0.05, 0.1) is 23.6 Å². The molecule has 0 radical (unpaired) electrons. The van der Waals surface area contributed by atoms with Gasteiger partial charge in [-0.2, -0.15) is 0 Å². The molecule has 0 atom stereocenters. The lowest BCUT2D eigenvalue weighted by Crippen LogP contribution is -2.48. The molecule has 4 heterocycles. The summed E-state index contributed by atoms with van der Waals surface area (Å²) in [5.74, 6) is 1.55. The minimum atomic E-state index is -0.283.